The molecule has 8 nitrogen and oxygen atoms in total. The highest BCUT2D eigenvalue weighted by Gasteiger charge is 2.22. The van der Waals surface area contributed by atoms with Crippen LogP contribution in [-0.2, 0) is 28.2 Å². The second kappa shape index (κ2) is 36.3. The number of unbranched alkanes of at least 4 members (excludes halogenated alkanes) is 23. The summed E-state index contributed by atoms with van der Waals surface area (Å²) in [6.45, 7) is 3.66. The summed E-state index contributed by atoms with van der Waals surface area (Å²) in [6.07, 6.45) is 40.4. The second-order valence-electron chi connectivity index (χ2n) is 13.6. The molecule has 0 bridgehead atoms. The fourth-order valence-electron chi connectivity index (χ4n) is 5.66. The highest BCUT2D eigenvalue weighted by atomic mass is 31.2. The average Bonchev–Trinajstić information content (AvgIpc) is 3.07. The van der Waals surface area contributed by atoms with Crippen LogP contribution in [0.5, 0.6) is 0 Å². The minimum atomic E-state index is -4.75. The number of hydrogen-bond donors (Lipinski definition) is 2. The molecule has 9 heteroatoms. The zero-order valence-corrected chi connectivity index (χ0v) is 32.5. The fourth-order valence-corrected chi connectivity index (χ4v) is 6.02. The van der Waals surface area contributed by atoms with Crippen molar-refractivity contribution in [2.45, 2.75) is 206 Å². The zero-order chi connectivity index (χ0) is 36.1. The van der Waals surface area contributed by atoms with Gasteiger partial charge in [0.25, 0.3) is 0 Å². The van der Waals surface area contributed by atoms with E-state index in [0.717, 1.165) is 57.8 Å². The van der Waals surface area contributed by atoms with E-state index in [2.05, 4.69) is 42.7 Å². The molecule has 0 aliphatic carbocycles. The van der Waals surface area contributed by atoms with Crippen molar-refractivity contribution in [1.29, 1.82) is 0 Å². The van der Waals surface area contributed by atoms with Crippen LogP contribution in [0.1, 0.15) is 200 Å². The molecule has 1 atom stereocenters. The van der Waals surface area contributed by atoms with Gasteiger partial charge in [0.1, 0.15) is 6.61 Å². The third kappa shape index (κ3) is 39.2. The first-order valence-corrected chi connectivity index (χ1v) is 21.7. The number of phosphoric acid groups is 1. The van der Waals surface area contributed by atoms with Gasteiger partial charge in [-0.1, -0.05) is 147 Å². The summed E-state index contributed by atoms with van der Waals surface area (Å²) in [7, 11) is -4.75. The largest absolute Gasteiger partial charge is 0.469 e. The van der Waals surface area contributed by atoms with E-state index in [1.807, 2.05) is 0 Å². The van der Waals surface area contributed by atoms with Gasteiger partial charge in [-0.2, -0.15) is 0 Å². The molecule has 0 aliphatic rings. The smallest absolute Gasteiger partial charge is 0.462 e. The van der Waals surface area contributed by atoms with Crippen molar-refractivity contribution in [3.8, 4) is 0 Å². The average molecular weight is 715 g/mol. The lowest BCUT2D eigenvalue weighted by Crippen LogP contribution is -2.29. The van der Waals surface area contributed by atoms with Crippen molar-refractivity contribution in [3.63, 3.8) is 0 Å². The summed E-state index contributed by atoms with van der Waals surface area (Å²) < 4.78 is 26.3. The Kier molecular flexibility index (Phi) is 35.2. The summed E-state index contributed by atoms with van der Waals surface area (Å²) in [5.41, 5.74) is 0. The first-order valence-electron chi connectivity index (χ1n) is 20.1. The molecule has 0 fully saturated rings. The van der Waals surface area contributed by atoms with E-state index in [-0.39, 0.29) is 19.4 Å². The molecule has 0 radical (unpaired) electrons. The van der Waals surface area contributed by atoms with E-state index >= 15 is 0 Å². The maximum Gasteiger partial charge on any atom is 0.469 e. The Balaban J connectivity index is 3.93. The molecule has 0 aliphatic heterocycles. The van der Waals surface area contributed by atoms with Gasteiger partial charge in [0.2, 0.25) is 0 Å². The number of rotatable bonds is 37. The predicted molar refractivity (Wildman–Crippen MR) is 202 cm³/mol. The zero-order valence-electron chi connectivity index (χ0n) is 31.6. The fraction of sp³-hybridized carbons (Fsp3) is 0.850. The molecular formula is C40H75O8P. The molecule has 0 amide bonds. The minimum absolute atomic E-state index is 0.207. The van der Waals surface area contributed by atoms with Gasteiger partial charge in [0.15, 0.2) is 6.10 Å². The Morgan fingerprint density at radius 3 is 1.27 bits per heavy atom. The number of ether oxygens (including phenoxy) is 2. The summed E-state index contributed by atoms with van der Waals surface area (Å²) in [5.74, 6) is -0.896. The van der Waals surface area contributed by atoms with Crippen LogP contribution in [-0.4, -0.2) is 41.0 Å². The van der Waals surface area contributed by atoms with Crippen LogP contribution in [0.25, 0.3) is 0 Å². The maximum absolute atomic E-state index is 12.4. The van der Waals surface area contributed by atoms with Crippen molar-refractivity contribution in [2.24, 2.45) is 0 Å². The molecule has 0 saturated heterocycles. The lowest BCUT2D eigenvalue weighted by molar-refractivity contribution is -0.161. The summed E-state index contributed by atoms with van der Waals surface area (Å²) >= 11 is 0. The van der Waals surface area contributed by atoms with Crippen LogP contribution >= 0.6 is 7.82 Å². The van der Waals surface area contributed by atoms with Crippen molar-refractivity contribution in [3.05, 3.63) is 24.3 Å². The Labute approximate surface area is 300 Å². The van der Waals surface area contributed by atoms with E-state index < -0.39 is 32.5 Å². The van der Waals surface area contributed by atoms with Crippen molar-refractivity contribution in [2.75, 3.05) is 13.2 Å². The summed E-state index contributed by atoms with van der Waals surface area (Å²) in [5, 5.41) is 0. The Hall–Kier alpha value is -1.47. The maximum atomic E-state index is 12.4. The normalized spacial score (nSPS) is 12.7. The van der Waals surface area contributed by atoms with Gasteiger partial charge >= 0.3 is 19.8 Å². The molecule has 0 aromatic heterocycles. The van der Waals surface area contributed by atoms with E-state index in [4.69, 9.17) is 19.3 Å². The molecule has 0 saturated carbocycles. The van der Waals surface area contributed by atoms with Gasteiger partial charge in [-0.25, -0.2) is 4.57 Å². The molecule has 0 aromatic carbocycles. The van der Waals surface area contributed by atoms with E-state index in [1.54, 1.807) is 0 Å². The Morgan fingerprint density at radius 2 is 0.857 bits per heavy atom. The molecule has 0 rings (SSSR count). The number of hydrogen-bond acceptors (Lipinski definition) is 6. The quantitative estimate of drug-likeness (QED) is 0.0282. The summed E-state index contributed by atoms with van der Waals surface area (Å²) in [4.78, 5) is 42.7. The Morgan fingerprint density at radius 1 is 0.510 bits per heavy atom. The number of phosphoric ester groups is 1. The van der Waals surface area contributed by atoms with Crippen LogP contribution in [0.3, 0.4) is 0 Å². The first-order chi connectivity index (χ1) is 23.8. The number of esters is 2. The van der Waals surface area contributed by atoms with Crippen LogP contribution in [0.15, 0.2) is 24.3 Å². The molecule has 0 spiro atoms. The highest BCUT2D eigenvalue weighted by molar-refractivity contribution is 7.46. The van der Waals surface area contributed by atoms with Crippen molar-refractivity contribution < 1.29 is 37.9 Å². The third-order valence-corrected chi connectivity index (χ3v) is 9.18. The highest BCUT2D eigenvalue weighted by Crippen LogP contribution is 2.36. The SMILES string of the molecule is CCCCCC/C=C\CCCCCCCC(=O)OCC(COP(=O)(O)O)OC(=O)CCCCCCCCC/C=C\CCCCCCCCC. The number of carbonyl (C=O) groups excluding carboxylic acids is 2. The van der Waals surface area contributed by atoms with Crippen molar-refractivity contribution >= 4 is 19.8 Å². The van der Waals surface area contributed by atoms with Crippen LogP contribution in [0.2, 0.25) is 0 Å². The molecule has 49 heavy (non-hydrogen) atoms. The second-order valence-corrected chi connectivity index (χ2v) is 14.8. The topological polar surface area (TPSA) is 119 Å². The first kappa shape index (κ1) is 47.5. The third-order valence-electron chi connectivity index (χ3n) is 8.69. The van der Waals surface area contributed by atoms with Gasteiger partial charge in [0.05, 0.1) is 6.61 Å². The van der Waals surface area contributed by atoms with Crippen LogP contribution in [0, 0.1) is 0 Å². The van der Waals surface area contributed by atoms with Crippen molar-refractivity contribution in [1.82, 2.24) is 0 Å². The molecule has 0 aromatic rings. The Bertz CT molecular complexity index is 853. The predicted octanol–water partition coefficient (Wildman–Crippen LogP) is 12.0. The molecule has 1 unspecified atom stereocenters. The van der Waals surface area contributed by atoms with Gasteiger partial charge in [0, 0.05) is 12.8 Å². The minimum Gasteiger partial charge on any atom is -0.462 e. The summed E-state index contributed by atoms with van der Waals surface area (Å²) in [6, 6.07) is 0. The lowest BCUT2D eigenvalue weighted by Gasteiger charge is -2.18. The molecule has 0 heterocycles. The molecular weight excluding hydrogens is 639 g/mol. The van der Waals surface area contributed by atoms with E-state index in [0.29, 0.717) is 12.8 Å². The number of carbonyl (C=O) groups is 2. The van der Waals surface area contributed by atoms with E-state index in [1.165, 1.54) is 103 Å². The lowest BCUT2D eigenvalue weighted by atomic mass is 10.1. The van der Waals surface area contributed by atoms with Gasteiger partial charge in [-0.05, 0) is 64.2 Å². The standard InChI is InChI=1S/C40H75O8P/c1-3-5-7-9-11-13-15-17-18-19-20-21-23-25-27-29-31-33-35-40(42)48-38(37-47-49(43,44)45)36-46-39(41)34-32-30-28-26-24-22-16-14-12-10-8-6-4-2/h14,16,18-19,38H,3-13,15,17,20-37H2,1-2H3,(H2,43,44,45)/b16-14-,19-18-. The van der Waals surface area contributed by atoms with E-state index in [9.17, 15) is 14.2 Å². The van der Waals surface area contributed by atoms with Crippen LogP contribution < -0.4 is 0 Å². The molecule has 2 N–H and O–H groups in total. The van der Waals surface area contributed by atoms with Gasteiger partial charge < -0.3 is 19.3 Å². The molecule has 288 valence electrons. The van der Waals surface area contributed by atoms with Gasteiger partial charge in [-0.15, -0.1) is 0 Å². The van der Waals surface area contributed by atoms with Gasteiger partial charge in [-0.3, -0.25) is 14.1 Å². The number of allylic oxidation sites excluding steroid dienone is 4. The monoisotopic (exact) mass is 715 g/mol. The van der Waals surface area contributed by atoms with Crippen LogP contribution in [0.4, 0.5) is 0 Å².